The minimum atomic E-state index is 0.508. The van der Waals surface area contributed by atoms with Crippen LogP contribution >= 0.6 is 22.9 Å². The Morgan fingerprint density at radius 3 is 3.11 bits per heavy atom. The van der Waals surface area contributed by atoms with Crippen LogP contribution in [0.25, 0.3) is 0 Å². The van der Waals surface area contributed by atoms with Gasteiger partial charge in [-0.1, -0.05) is 11.6 Å². The predicted octanol–water partition coefficient (Wildman–Crippen LogP) is 3.42. The lowest BCUT2D eigenvalue weighted by Gasteiger charge is -2.12. The molecule has 3 nitrogen and oxygen atoms in total. The molecule has 0 spiro atoms. The molecule has 1 N–H and O–H groups in total. The summed E-state index contributed by atoms with van der Waals surface area (Å²) in [5, 5.41) is 3.62. The summed E-state index contributed by atoms with van der Waals surface area (Å²) in [5.41, 5.74) is 1.42. The molecule has 5 heteroatoms. The molecule has 1 aromatic rings. The maximum atomic E-state index is 6.05. The fourth-order valence-corrected chi connectivity index (χ4v) is 3.75. The lowest BCUT2D eigenvalue weighted by molar-refractivity contribution is 0.0687. The lowest BCUT2D eigenvalue weighted by Crippen LogP contribution is -2.20. The van der Waals surface area contributed by atoms with Crippen molar-refractivity contribution in [2.24, 2.45) is 0 Å². The summed E-state index contributed by atoms with van der Waals surface area (Å²) in [6.07, 6.45) is 4.63. The van der Waals surface area contributed by atoms with E-state index in [1.54, 1.807) is 18.4 Å². The van der Waals surface area contributed by atoms with Crippen molar-refractivity contribution in [3.05, 3.63) is 20.8 Å². The Morgan fingerprint density at radius 1 is 1.37 bits per heavy atom. The van der Waals surface area contributed by atoms with Crippen LogP contribution < -0.4 is 5.32 Å². The van der Waals surface area contributed by atoms with Crippen LogP contribution in [0.3, 0.4) is 0 Å². The molecular formula is C14H22ClNO2S. The largest absolute Gasteiger partial charge is 0.382 e. The van der Waals surface area contributed by atoms with Gasteiger partial charge in [0.25, 0.3) is 0 Å². The van der Waals surface area contributed by atoms with Gasteiger partial charge in [-0.3, -0.25) is 0 Å². The molecule has 0 radical (unpaired) electrons. The Bertz CT molecular complexity index is 384. The highest BCUT2D eigenvalue weighted by Crippen LogP contribution is 2.39. The van der Waals surface area contributed by atoms with E-state index in [9.17, 15) is 0 Å². The first-order valence-corrected chi connectivity index (χ1v) is 8.09. The average molecular weight is 304 g/mol. The van der Waals surface area contributed by atoms with Crippen molar-refractivity contribution in [2.75, 3.05) is 33.5 Å². The summed E-state index contributed by atoms with van der Waals surface area (Å²) >= 11 is 7.78. The van der Waals surface area contributed by atoms with Crippen molar-refractivity contribution >= 4 is 22.9 Å². The number of aryl methyl sites for hydroxylation is 1. The van der Waals surface area contributed by atoms with Crippen LogP contribution in [0.1, 0.15) is 35.7 Å². The Balaban J connectivity index is 1.55. The Kier molecular flexibility index (Phi) is 6.61. The molecule has 2 rings (SSSR count). The SMILES string of the molecule is COCCOCCCCNC1CCc2sc(Cl)cc21. The number of methoxy groups -OCH3 is 1. The molecule has 1 atom stereocenters. The van der Waals surface area contributed by atoms with Gasteiger partial charge >= 0.3 is 0 Å². The maximum Gasteiger partial charge on any atom is 0.0934 e. The van der Waals surface area contributed by atoms with Gasteiger partial charge in [-0.2, -0.15) is 0 Å². The van der Waals surface area contributed by atoms with Gasteiger partial charge in [-0.15, -0.1) is 11.3 Å². The molecule has 108 valence electrons. The summed E-state index contributed by atoms with van der Waals surface area (Å²) in [6, 6.07) is 2.63. The van der Waals surface area contributed by atoms with Crippen LogP contribution in [-0.2, 0) is 15.9 Å². The van der Waals surface area contributed by atoms with Crippen molar-refractivity contribution in [1.82, 2.24) is 5.32 Å². The van der Waals surface area contributed by atoms with Crippen molar-refractivity contribution in [3.63, 3.8) is 0 Å². The van der Waals surface area contributed by atoms with Crippen LogP contribution in [0.4, 0.5) is 0 Å². The van der Waals surface area contributed by atoms with E-state index in [0.29, 0.717) is 19.3 Å². The minimum absolute atomic E-state index is 0.508. The normalized spacial score (nSPS) is 17.9. The van der Waals surface area contributed by atoms with Crippen molar-refractivity contribution in [2.45, 2.75) is 31.7 Å². The van der Waals surface area contributed by atoms with Crippen molar-refractivity contribution in [3.8, 4) is 0 Å². The average Bonchev–Trinajstić information content (AvgIpc) is 2.92. The summed E-state index contributed by atoms with van der Waals surface area (Å²) in [4.78, 5) is 1.46. The van der Waals surface area contributed by atoms with Crippen LogP contribution in [0.5, 0.6) is 0 Å². The first-order chi connectivity index (χ1) is 9.31. The number of unbranched alkanes of at least 4 members (excludes halogenated alkanes) is 1. The molecule has 1 aliphatic carbocycles. The van der Waals surface area contributed by atoms with E-state index in [1.165, 1.54) is 23.3 Å². The molecule has 0 aliphatic heterocycles. The summed E-state index contributed by atoms with van der Waals surface area (Å²) < 4.78 is 11.3. The second-order valence-electron chi connectivity index (χ2n) is 4.79. The van der Waals surface area contributed by atoms with Gasteiger partial charge in [0, 0.05) is 24.6 Å². The Morgan fingerprint density at radius 2 is 2.26 bits per heavy atom. The standard InChI is InChI=1S/C14H22ClNO2S/c1-17-8-9-18-7-3-2-6-16-12-4-5-13-11(12)10-14(15)19-13/h10,12,16H,2-9H2,1H3. The second kappa shape index (κ2) is 8.22. The zero-order valence-corrected chi connectivity index (χ0v) is 13.0. The minimum Gasteiger partial charge on any atom is -0.382 e. The highest BCUT2D eigenvalue weighted by atomic mass is 35.5. The van der Waals surface area contributed by atoms with Crippen LogP contribution in [0, 0.1) is 0 Å². The highest BCUT2D eigenvalue weighted by Gasteiger charge is 2.24. The number of hydrogen-bond donors (Lipinski definition) is 1. The molecule has 0 saturated heterocycles. The summed E-state index contributed by atoms with van der Waals surface area (Å²) in [6.45, 7) is 3.25. The molecule has 0 bridgehead atoms. The number of fused-ring (bicyclic) bond motifs is 1. The summed E-state index contributed by atoms with van der Waals surface area (Å²) in [5.74, 6) is 0. The molecule has 0 aromatic carbocycles. The highest BCUT2D eigenvalue weighted by molar-refractivity contribution is 7.16. The van der Waals surface area contributed by atoms with Crippen molar-refractivity contribution < 1.29 is 9.47 Å². The molecule has 1 unspecified atom stereocenters. The van der Waals surface area contributed by atoms with E-state index in [4.69, 9.17) is 21.1 Å². The number of nitrogens with one attached hydrogen (secondary N) is 1. The molecule has 1 aromatic heterocycles. The van der Waals surface area contributed by atoms with E-state index in [-0.39, 0.29) is 0 Å². The second-order valence-corrected chi connectivity index (χ2v) is 6.55. The zero-order valence-electron chi connectivity index (χ0n) is 11.4. The Labute approximate surface area is 124 Å². The first kappa shape index (κ1) is 15.3. The third-order valence-electron chi connectivity index (χ3n) is 3.39. The smallest absolute Gasteiger partial charge is 0.0934 e. The number of thiophene rings is 1. The topological polar surface area (TPSA) is 30.5 Å². The van der Waals surface area contributed by atoms with Gasteiger partial charge in [-0.05, 0) is 43.9 Å². The predicted molar refractivity (Wildman–Crippen MR) is 80.3 cm³/mol. The van der Waals surface area contributed by atoms with Crippen LogP contribution in [-0.4, -0.2) is 33.5 Å². The zero-order chi connectivity index (χ0) is 13.5. The lowest BCUT2D eigenvalue weighted by atomic mass is 10.1. The number of ether oxygens (including phenoxy) is 2. The Hall–Kier alpha value is -0.130. The number of rotatable bonds is 9. The first-order valence-electron chi connectivity index (χ1n) is 6.89. The van der Waals surface area contributed by atoms with E-state index in [1.807, 2.05) is 0 Å². The van der Waals surface area contributed by atoms with E-state index in [0.717, 1.165) is 30.3 Å². The van der Waals surface area contributed by atoms with Gasteiger partial charge in [0.05, 0.1) is 17.6 Å². The molecule has 0 saturated carbocycles. The van der Waals surface area contributed by atoms with Crippen LogP contribution in [0.15, 0.2) is 6.07 Å². The van der Waals surface area contributed by atoms with Gasteiger partial charge in [0.1, 0.15) is 0 Å². The molecule has 1 aliphatic rings. The number of halogens is 1. The number of hydrogen-bond acceptors (Lipinski definition) is 4. The van der Waals surface area contributed by atoms with Gasteiger partial charge in [-0.25, -0.2) is 0 Å². The molecule has 1 heterocycles. The van der Waals surface area contributed by atoms with Gasteiger partial charge < -0.3 is 14.8 Å². The quantitative estimate of drug-likeness (QED) is 0.709. The van der Waals surface area contributed by atoms with Gasteiger partial charge in [0.15, 0.2) is 0 Å². The van der Waals surface area contributed by atoms with Crippen molar-refractivity contribution in [1.29, 1.82) is 0 Å². The van der Waals surface area contributed by atoms with E-state index in [2.05, 4.69) is 11.4 Å². The fraction of sp³-hybridized carbons (Fsp3) is 0.714. The van der Waals surface area contributed by atoms with Gasteiger partial charge in [0.2, 0.25) is 0 Å². The summed E-state index contributed by atoms with van der Waals surface area (Å²) in [7, 11) is 1.69. The van der Waals surface area contributed by atoms with E-state index >= 15 is 0 Å². The van der Waals surface area contributed by atoms with E-state index < -0.39 is 0 Å². The molecular weight excluding hydrogens is 282 g/mol. The third kappa shape index (κ3) is 4.72. The van der Waals surface area contributed by atoms with Crippen LogP contribution in [0.2, 0.25) is 4.34 Å². The molecule has 0 amide bonds. The third-order valence-corrected chi connectivity index (χ3v) is 4.72. The molecule has 19 heavy (non-hydrogen) atoms. The molecule has 0 fully saturated rings. The monoisotopic (exact) mass is 303 g/mol. The maximum absolute atomic E-state index is 6.05. The fourth-order valence-electron chi connectivity index (χ4n) is 2.39.